The van der Waals surface area contributed by atoms with Crippen LogP contribution in [-0.2, 0) is 0 Å². The van der Waals surface area contributed by atoms with Crippen LogP contribution in [0.5, 0.6) is 17.2 Å². The number of aliphatic hydroxyl groups excluding tert-OH is 1. The first-order valence-electron chi connectivity index (χ1n) is 7.14. The van der Waals surface area contributed by atoms with Crippen molar-refractivity contribution in [1.29, 1.82) is 0 Å². The van der Waals surface area contributed by atoms with E-state index in [2.05, 4.69) is 4.74 Å². The van der Waals surface area contributed by atoms with Crippen LogP contribution < -0.4 is 14.2 Å². The van der Waals surface area contributed by atoms with E-state index in [1.165, 1.54) is 6.07 Å². The van der Waals surface area contributed by atoms with Crippen molar-refractivity contribution in [3.05, 3.63) is 17.9 Å². The minimum atomic E-state index is -5.85. The van der Waals surface area contributed by atoms with Gasteiger partial charge in [0, 0.05) is 6.42 Å². The van der Waals surface area contributed by atoms with Gasteiger partial charge in [-0.25, -0.2) is 0 Å². The summed E-state index contributed by atoms with van der Waals surface area (Å²) in [4.78, 5) is 0. The van der Waals surface area contributed by atoms with E-state index < -0.39 is 42.0 Å². The van der Waals surface area contributed by atoms with E-state index in [0.29, 0.717) is 0 Å². The fourth-order valence-electron chi connectivity index (χ4n) is 3.04. The number of benzene rings is 1. The molecule has 0 saturated carbocycles. The van der Waals surface area contributed by atoms with Crippen molar-refractivity contribution in [1.82, 2.24) is 0 Å². The molecule has 144 valence electrons. The van der Waals surface area contributed by atoms with Crippen LogP contribution in [0.3, 0.4) is 0 Å². The molecule has 1 aromatic heterocycles. The van der Waals surface area contributed by atoms with Crippen molar-refractivity contribution in [3.63, 3.8) is 0 Å². The predicted molar refractivity (Wildman–Crippen MR) is 74.4 cm³/mol. The normalized spacial score (nSPS) is 19.8. The van der Waals surface area contributed by atoms with E-state index in [4.69, 9.17) is 13.9 Å². The van der Waals surface area contributed by atoms with Crippen molar-refractivity contribution in [2.45, 2.75) is 30.5 Å². The van der Waals surface area contributed by atoms with Gasteiger partial charge in [-0.1, -0.05) is 0 Å². The summed E-state index contributed by atoms with van der Waals surface area (Å²) in [5.74, 6) is -1.59. The third-order valence-corrected chi connectivity index (χ3v) is 4.23. The minimum absolute atomic E-state index is 0.157. The molecule has 2 aromatic rings. The molecule has 1 atom stereocenters. The smallest absolute Gasteiger partial charge is 0.437 e. The lowest BCUT2D eigenvalue weighted by Crippen LogP contribution is -2.63. The lowest BCUT2D eigenvalue weighted by molar-refractivity contribution is -0.367. The van der Waals surface area contributed by atoms with Gasteiger partial charge in [0.25, 0.3) is 0 Å². The summed E-state index contributed by atoms with van der Waals surface area (Å²) in [7, 11) is 2.17. The van der Waals surface area contributed by atoms with Crippen LogP contribution in [0.1, 0.15) is 18.1 Å². The largest absolute Gasteiger partial charge is 0.495 e. The second kappa shape index (κ2) is 5.60. The first kappa shape index (κ1) is 18.5. The highest BCUT2D eigenvalue weighted by atomic mass is 19.4. The van der Waals surface area contributed by atoms with Gasteiger partial charge in [-0.3, -0.25) is 0 Å². The Balaban J connectivity index is 2.37. The van der Waals surface area contributed by atoms with Crippen LogP contribution in [-0.4, -0.2) is 37.3 Å². The first-order chi connectivity index (χ1) is 12.0. The van der Waals surface area contributed by atoms with E-state index in [1.807, 2.05) is 0 Å². The van der Waals surface area contributed by atoms with Crippen LogP contribution in [0.25, 0.3) is 11.0 Å². The van der Waals surface area contributed by atoms with Gasteiger partial charge in [-0.15, -0.1) is 0 Å². The van der Waals surface area contributed by atoms with Crippen LogP contribution in [0.15, 0.2) is 16.7 Å². The third kappa shape index (κ3) is 2.29. The topological polar surface area (TPSA) is 61.1 Å². The molecular weight excluding hydrogens is 374 g/mol. The molecule has 0 radical (unpaired) electrons. The second-order valence-corrected chi connectivity index (χ2v) is 5.62. The fourth-order valence-corrected chi connectivity index (χ4v) is 3.04. The van der Waals surface area contributed by atoms with Gasteiger partial charge in [0.15, 0.2) is 11.3 Å². The van der Waals surface area contributed by atoms with E-state index in [-0.39, 0.29) is 22.3 Å². The standard InChI is InChI=1S/C15H12F6O5/c1-23-9-6-3-4-25-10(6)12(24-2)11-8(9)7(22)5-13(26-11,14(16,17)18)15(19,20)21/h3-4,7,22H,5H2,1-2H3. The molecule has 0 aliphatic carbocycles. The number of fused-ring (bicyclic) bond motifs is 2. The molecule has 11 heteroatoms. The SMILES string of the molecule is COc1c2c(c(OC)c3occc13)OC(C(F)(F)F)(C(F)(F)F)CC2O. The maximum atomic E-state index is 13.4. The number of methoxy groups -OCH3 is 2. The average molecular weight is 386 g/mol. The number of halogens is 6. The molecule has 0 saturated heterocycles. The third-order valence-electron chi connectivity index (χ3n) is 4.23. The Morgan fingerprint density at radius 1 is 1.08 bits per heavy atom. The van der Waals surface area contributed by atoms with E-state index >= 15 is 0 Å². The number of alkyl halides is 6. The van der Waals surface area contributed by atoms with E-state index in [1.54, 1.807) is 0 Å². The van der Waals surface area contributed by atoms with Crippen molar-refractivity contribution in [3.8, 4) is 17.2 Å². The van der Waals surface area contributed by atoms with E-state index in [0.717, 1.165) is 20.5 Å². The summed E-state index contributed by atoms with van der Waals surface area (Å²) in [5.41, 5.74) is -5.15. The zero-order chi connectivity index (χ0) is 19.5. The highest BCUT2D eigenvalue weighted by Gasteiger charge is 2.75. The molecule has 0 bridgehead atoms. The Morgan fingerprint density at radius 3 is 2.15 bits per heavy atom. The van der Waals surface area contributed by atoms with Gasteiger partial charge >= 0.3 is 18.0 Å². The van der Waals surface area contributed by atoms with E-state index in [9.17, 15) is 31.4 Å². The number of aliphatic hydroxyl groups is 1. The molecular formula is C15H12F6O5. The zero-order valence-electron chi connectivity index (χ0n) is 13.3. The molecule has 1 unspecified atom stereocenters. The Bertz CT molecular complexity index is 824. The Labute approximate surface area is 142 Å². The molecule has 0 spiro atoms. The quantitative estimate of drug-likeness (QED) is 0.787. The van der Waals surface area contributed by atoms with Crippen molar-refractivity contribution >= 4 is 11.0 Å². The summed E-state index contributed by atoms with van der Waals surface area (Å²) in [6.07, 6.45) is -14.5. The summed E-state index contributed by atoms with van der Waals surface area (Å²) in [6.45, 7) is 0. The maximum Gasteiger partial charge on any atom is 0.437 e. The number of hydrogen-bond donors (Lipinski definition) is 1. The molecule has 1 aliphatic heterocycles. The molecule has 1 N–H and O–H groups in total. The summed E-state index contributed by atoms with van der Waals surface area (Å²) < 4.78 is 99.9. The lowest BCUT2D eigenvalue weighted by Gasteiger charge is -2.42. The molecule has 2 heterocycles. The Morgan fingerprint density at radius 2 is 1.65 bits per heavy atom. The van der Waals surface area contributed by atoms with Crippen LogP contribution in [0.2, 0.25) is 0 Å². The highest BCUT2D eigenvalue weighted by Crippen LogP contribution is 2.60. The van der Waals surface area contributed by atoms with Gasteiger partial charge in [0.1, 0.15) is 5.75 Å². The molecule has 1 aliphatic rings. The monoisotopic (exact) mass is 386 g/mol. The summed E-state index contributed by atoms with van der Waals surface area (Å²) in [5, 5.41) is 10.4. The molecule has 3 rings (SSSR count). The maximum absolute atomic E-state index is 13.4. The fraction of sp³-hybridized carbons (Fsp3) is 0.467. The second-order valence-electron chi connectivity index (χ2n) is 5.62. The summed E-state index contributed by atoms with van der Waals surface area (Å²) >= 11 is 0. The predicted octanol–water partition coefficient (Wildman–Crippen LogP) is 4.13. The zero-order valence-corrected chi connectivity index (χ0v) is 13.3. The van der Waals surface area contributed by atoms with Gasteiger partial charge < -0.3 is 23.7 Å². The van der Waals surface area contributed by atoms with Crippen molar-refractivity contribution < 1.29 is 50.1 Å². The number of ether oxygens (including phenoxy) is 3. The molecule has 5 nitrogen and oxygen atoms in total. The van der Waals surface area contributed by atoms with Gasteiger partial charge in [0.05, 0.1) is 37.5 Å². The lowest BCUT2D eigenvalue weighted by atomic mass is 9.86. The number of hydrogen-bond acceptors (Lipinski definition) is 5. The average Bonchev–Trinajstić information content (AvgIpc) is 2.99. The van der Waals surface area contributed by atoms with Crippen LogP contribution >= 0.6 is 0 Å². The van der Waals surface area contributed by atoms with Crippen molar-refractivity contribution in [2.75, 3.05) is 14.2 Å². The first-order valence-corrected chi connectivity index (χ1v) is 7.14. The molecule has 1 aromatic carbocycles. The van der Waals surface area contributed by atoms with Crippen LogP contribution in [0.4, 0.5) is 26.3 Å². The molecule has 0 amide bonds. The minimum Gasteiger partial charge on any atom is -0.495 e. The number of rotatable bonds is 2. The van der Waals surface area contributed by atoms with Gasteiger partial charge in [-0.2, -0.15) is 26.3 Å². The molecule has 0 fully saturated rings. The van der Waals surface area contributed by atoms with Gasteiger partial charge in [0.2, 0.25) is 5.75 Å². The van der Waals surface area contributed by atoms with Gasteiger partial charge in [-0.05, 0) is 6.07 Å². The highest BCUT2D eigenvalue weighted by molar-refractivity contribution is 5.94. The Hall–Kier alpha value is -2.30. The number of furan rings is 1. The Kier molecular flexibility index (Phi) is 3.98. The summed E-state index contributed by atoms with van der Waals surface area (Å²) in [6, 6.07) is 1.37. The van der Waals surface area contributed by atoms with Crippen molar-refractivity contribution in [2.24, 2.45) is 0 Å². The molecule has 26 heavy (non-hydrogen) atoms. The van der Waals surface area contributed by atoms with Crippen LogP contribution in [0, 0.1) is 0 Å².